The minimum atomic E-state index is -0.153. The molecule has 8 heteroatoms. The van der Waals surface area contributed by atoms with E-state index >= 15 is 0 Å². The Balaban J connectivity index is 1.86. The van der Waals surface area contributed by atoms with Crippen molar-refractivity contribution in [3.63, 3.8) is 0 Å². The van der Waals surface area contributed by atoms with Gasteiger partial charge >= 0.3 is 0 Å². The predicted octanol–water partition coefficient (Wildman–Crippen LogP) is 0.913. The molecule has 0 unspecified atom stereocenters. The first-order chi connectivity index (χ1) is 10.2. The number of carbonyl (C=O) groups is 1. The number of benzene rings is 1. The minimum Gasteiger partial charge on any atom is -0.395 e. The molecule has 1 heterocycles. The zero-order valence-corrected chi connectivity index (χ0v) is 11.9. The number of amides is 1. The Morgan fingerprint density at radius 2 is 2.29 bits per heavy atom. The highest BCUT2D eigenvalue weighted by Crippen LogP contribution is 2.30. The molecule has 1 aromatic carbocycles. The van der Waals surface area contributed by atoms with Crippen molar-refractivity contribution in [2.45, 2.75) is 18.9 Å². The third kappa shape index (κ3) is 2.88. The highest BCUT2D eigenvalue weighted by Gasteiger charge is 2.33. The Morgan fingerprint density at radius 3 is 2.86 bits per heavy atom. The molecular weight excluding hydrogens is 294 g/mol. The van der Waals surface area contributed by atoms with Gasteiger partial charge in [-0.2, -0.15) is 0 Å². The number of carbonyl (C=O) groups excluding carboxylic acids is 1. The smallest absolute Gasteiger partial charge is 0.255 e. The van der Waals surface area contributed by atoms with Gasteiger partial charge in [-0.25, -0.2) is 4.68 Å². The number of hydrogen-bond donors (Lipinski definition) is 1. The van der Waals surface area contributed by atoms with Crippen LogP contribution < -0.4 is 0 Å². The van der Waals surface area contributed by atoms with Gasteiger partial charge in [-0.1, -0.05) is 11.6 Å². The van der Waals surface area contributed by atoms with Gasteiger partial charge in [-0.15, -0.1) is 5.10 Å². The van der Waals surface area contributed by atoms with Crippen molar-refractivity contribution in [2.75, 3.05) is 13.2 Å². The van der Waals surface area contributed by atoms with E-state index in [1.165, 1.54) is 11.0 Å². The summed E-state index contributed by atoms with van der Waals surface area (Å²) in [6.45, 7) is 0.275. The number of tetrazole rings is 1. The van der Waals surface area contributed by atoms with E-state index in [0.717, 1.165) is 12.8 Å². The van der Waals surface area contributed by atoms with Crippen molar-refractivity contribution >= 4 is 17.5 Å². The van der Waals surface area contributed by atoms with Crippen LogP contribution in [0.3, 0.4) is 0 Å². The summed E-state index contributed by atoms with van der Waals surface area (Å²) in [7, 11) is 0. The maximum absolute atomic E-state index is 12.5. The molecule has 21 heavy (non-hydrogen) atoms. The van der Waals surface area contributed by atoms with Crippen LogP contribution in [0.2, 0.25) is 5.02 Å². The van der Waals surface area contributed by atoms with Gasteiger partial charge in [-0.05, 0) is 41.5 Å². The highest BCUT2D eigenvalue weighted by atomic mass is 35.5. The SMILES string of the molecule is O=C(c1ccc(-n2cnnn2)cc1Cl)N(CCO)C1CC1. The summed E-state index contributed by atoms with van der Waals surface area (Å²) in [6, 6.07) is 5.27. The van der Waals surface area contributed by atoms with Crippen LogP contribution >= 0.6 is 11.6 Å². The Labute approximate surface area is 126 Å². The molecule has 1 saturated carbocycles. The maximum Gasteiger partial charge on any atom is 0.255 e. The van der Waals surface area contributed by atoms with Crippen LogP contribution in [0, 0.1) is 0 Å². The maximum atomic E-state index is 12.5. The van der Waals surface area contributed by atoms with Crippen LogP contribution in [0.25, 0.3) is 5.69 Å². The third-order valence-corrected chi connectivity index (χ3v) is 3.70. The summed E-state index contributed by atoms with van der Waals surface area (Å²) in [6.07, 6.45) is 3.41. The molecule has 1 aliphatic carbocycles. The van der Waals surface area contributed by atoms with Crippen LogP contribution in [0.5, 0.6) is 0 Å². The topological polar surface area (TPSA) is 84.1 Å². The van der Waals surface area contributed by atoms with Crippen LogP contribution in [0.4, 0.5) is 0 Å². The normalized spacial score (nSPS) is 14.2. The fraction of sp³-hybridized carbons (Fsp3) is 0.385. The van der Waals surface area contributed by atoms with Crippen molar-refractivity contribution < 1.29 is 9.90 Å². The average molecular weight is 308 g/mol. The predicted molar refractivity (Wildman–Crippen MR) is 75.3 cm³/mol. The average Bonchev–Trinajstić information content (AvgIpc) is 3.17. The first-order valence-corrected chi connectivity index (χ1v) is 7.03. The van der Waals surface area contributed by atoms with Gasteiger partial charge in [0.1, 0.15) is 6.33 Å². The van der Waals surface area contributed by atoms with E-state index in [2.05, 4.69) is 15.5 Å². The van der Waals surface area contributed by atoms with E-state index in [0.29, 0.717) is 22.8 Å². The number of nitrogens with zero attached hydrogens (tertiary/aromatic N) is 5. The molecule has 3 rings (SSSR count). The van der Waals surface area contributed by atoms with E-state index in [1.54, 1.807) is 23.1 Å². The summed E-state index contributed by atoms with van der Waals surface area (Å²) in [4.78, 5) is 14.2. The van der Waals surface area contributed by atoms with Gasteiger partial charge in [0.05, 0.1) is 22.9 Å². The molecule has 0 radical (unpaired) electrons. The molecule has 0 spiro atoms. The zero-order valence-electron chi connectivity index (χ0n) is 11.2. The first kappa shape index (κ1) is 14.0. The molecule has 1 fully saturated rings. The summed E-state index contributed by atoms with van der Waals surface area (Å²) in [5.41, 5.74) is 1.11. The molecule has 0 atom stereocenters. The van der Waals surface area contributed by atoms with Crippen LogP contribution in [-0.2, 0) is 0 Å². The Kier molecular flexibility index (Phi) is 3.85. The highest BCUT2D eigenvalue weighted by molar-refractivity contribution is 6.34. The van der Waals surface area contributed by atoms with Gasteiger partial charge in [-0.3, -0.25) is 4.79 Å². The van der Waals surface area contributed by atoms with Gasteiger partial charge < -0.3 is 10.0 Å². The fourth-order valence-electron chi connectivity index (χ4n) is 2.20. The summed E-state index contributed by atoms with van der Waals surface area (Å²) < 4.78 is 1.46. The van der Waals surface area contributed by atoms with Gasteiger partial charge in [0.2, 0.25) is 0 Å². The number of halogens is 1. The van der Waals surface area contributed by atoms with Crippen molar-refractivity contribution in [3.8, 4) is 5.69 Å². The molecule has 1 N–H and O–H groups in total. The first-order valence-electron chi connectivity index (χ1n) is 6.65. The summed E-state index contributed by atoms with van der Waals surface area (Å²) in [5, 5.41) is 20.3. The van der Waals surface area contributed by atoms with Crippen molar-refractivity contribution in [2.24, 2.45) is 0 Å². The number of aliphatic hydroxyl groups is 1. The Hall–Kier alpha value is -1.99. The summed E-state index contributed by atoms with van der Waals surface area (Å²) in [5.74, 6) is -0.153. The van der Waals surface area contributed by atoms with Crippen molar-refractivity contribution in [3.05, 3.63) is 35.1 Å². The summed E-state index contributed by atoms with van der Waals surface area (Å²) >= 11 is 6.22. The lowest BCUT2D eigenvalue weighted by molar-refractivity contribution is 0.0708. The fourth-order valence-corrected chi connectivity index (χ4v) is 2.45. The standard InChI is InChI=1S/C13H14ClN5O2/c14-12-7-10(19-8-15-16-17-19)3-4-11(12)13(21)18(5-6-20)9-1-2-9/h3-4,7-9,20H,1-2,5-6H2. The number of rotatable bonds is 5. The molecular formula is C13H14ClN5O2. The molecule has 1 amide bonds. The second kappa shape index (κ2) is 5.79. The van der Waals surface area contributed by atoms with E-state index in [9.17, 15) is 4.79 Å². The molecule has 2 aromatic rings. The Morgan fingerprint density at radius 1 is 1.48 bits per heavy atom. The van der Waals surface area contributed by atoms with Crippen LogP contribution in [0.15, 0.2) is 24.5 Å². The zero-order chi connectivity index (χ0) is 14.8. The van der Waals surface area contributed by atoms with Crippen molar-refractivity contribution in [1.82, 2.24) is 25.1 Å². The second-order valence-corrected chi connectivity index (χ2v) is 5.28. The molecule has 0 aliphatic heterocycles. The lowest BCUT2D eigenvalue weighted by atomic mass is 10.1. The number of hydrogen-bond acceptors (Lipinski definition) is 5. The molecule has 1 aliphatic rings. The van der Waals surface area contributed by atoms with E-state index in [4.69, 9.17) is 16.7 Å². The van der Waals surface area contributed by atoms with E-state index in [1.807, 2.05) is 0 Å². The van der Waals surface area contributed by atoms with Crippen LogP contribution in [-0.4, -0.2) is 55.3 Å². The van der Waals surface area contributed by atoms with E-state index in [-0.39, 0.29) is 18.6 Å². The molecule has 1 aromatic heterocycles. The van der Waals surface area contributed by atoms with Crippen molar-refractivity contribution in [1.29, 1.82) is 0 Å². The molecule has 110 valence electrons. The Bertz CT molecular complexity index is 642. The monoisotopic (exact) mass is 307 g/mol. The molecule has 0 saturated heterocycles. The van der Waals surface area contributed by atoms with Gasteiger partial charge in [0, 0.05) is 12.6 Å². The van der Waals surface area contributed by atoms with Crippen LogP contribution in [0.1, 0.15) is 23.2 Å². The minimum absolute atomic E-state index is 0.0530. The quantitative estimate of drug-likeness (QED) is 0.887. The second-order valence-electron chi connectivity index (χ2n) is 4.87. The molecule has 0 bridgehead atoms. The van der Waals surface area contributed by atoms with E-state index < -0.39 is 0 Å². The van der Waals surface area contributed by atoms with Gasteiger partial charge in [0.25, 0.3) is 5.91 Å². The lowest BCUT2D eigenvalue weighted by Gasteiger charge is -2.22. The van der Waals surface area contributed by atoms with Gasteiger partial charge in [0.15, 0.2) is 0 Å². The third-order valence-electron chi connectivity index (χ3n) is 3.39. The lowest BCUT2D eigenvalue weighted by Crippen LogP contribution is -2.35. The molecule has 7 nitrogen and oxygen atoms in total. The largest absolute Gasteiger partial charge is 0.395 e. The number of aliphatic hydroxyl groups excluding tert-OH is 1. The number of aromatic nitrogens is 4.